The number of thiazole rings is 1. The predicted molar refractivity (Wildman–Crippen MR) is 84.9 cm³/mol. The van der Waals surface area contributed by atoms with Gasteiger partial charge in [-0.15, -0.1) is 18.3 Å². The first-order chi connectivity index (χ1) is 11.8. The van der Waals surface area contributed by atoms with Crippen LogP contribution in [-0.4, -0.2) is 23.1 Å². The maximum atomic E-state index is 12.3. The molecule has 2 aromatic rings. The maximum Gasteiger partial charge on any atom is 0.573 e. The number of carbonyl (C=O) groups excluding carboxylic acids is 1. The van der Waals surface area contributed by atoms with E-state index < -0.39 is 12.5 Å². The summed E-state index contributed by atoms with van der Waals surface area (Å²) in [7, 11) is 1.70. The van der Waals surface area contributed by atoms with Crippen molar-refractivity contribution in [3.63, 3.8) is 0 Å². The highest BCUT2D eigenvalue weighted by molar-refractivity contribution is 7.16. The number of carbonyl (C=O) groups is 1. The molecular formula is C15H16F3N3O3S. The Bertz CT molecular complexity index is 838. The molecule has 3 rings (SSSR count). The number of nitrogens with one attached hydrogen (secondary N) is 1. The van der Waals surface area contributed by atoms with E-state index in [1.807, 2.05) is 0 Å². The fourth-order valence-corrected chi connectivity index (χ4v) is 3.70. The number of ether oxygens (including phenoxy) is 2. The van der Waals surface area contributed by atoms with Gasteiger partial charge in [0.1, 0.15) is 11.9 Å². The molecule has 0 saturated heterocycles. The smallest absolute Gasteiger partial charge is 0.445 e. The van der Waals surface area contributed by atoms with Gasteiger partial charge in [-0.25, -0.2) is 10.2 Å². The summed E-state index contributed by atoms with van der Waals surface area (Å²) in [5.41, 5.74) is 2.99. The second-order valence-corrected chi connectivity index (χ2v) is 6.67. The van der Waals surface area contributed by atoms with Crippen LogP contribution in [0.4, 0.5) is 18.0 Å². The highest BCUT2D eigenvalue weighted by Gasteiger charge is 2.31. The molecule has 1 aliphatic carbocycles. The molecule has 25 heavy (non-hydrogen) atoms. The third-order valence-electron chi connectivity index (χ3n) is 3.83. The van der Waals surface area contributed by atoms with Crippen LogP contribution in [0.25, 0.3) is 10.2 Å². The van der Waals surface area contributed by atoms with Crippen LogP contribution in [0.3, 0.4) is 0 Å². The lowest BCUT2D eigenvalue weighted by atomic mass is 10.3. The van der Waals surface area contributed by atoms with Gasteiger partial charge < -0.3 is 14.0 Å². The van der Waals surface area contributed by atoms with E-state index in [1.165, 1.54) is 18.2 Å². The normalized spacial score (nSPS) is 16.4. The van der Waals surface area contributed by atoms with Crippen LogP contribution in [-0.2, 0) is 11.8 Å². The van der Waals surface area contributed by atoms with Gasteiger partial charge in [-0.3, -0.25) is 0 Å². The topological polar surface area (TPSA) is 64.9 Å². The van der Waals surface area contributed by atoms with Crippen molar-refractivity contribution in [2.45, 2.75) is 38.1 Å². The number of alkyl halides is 3. The second-order valence-electron chi connectivity index (χ2n) is 5.66. The summed E-state index contributed by atoms with van der Waals surface area (Å²) in [5.74, 6) is -0.304. The maximum absolute atomic E-state index is 12.3. The Morgan fingerprint density at radius 2 is 2.08 bits per heavy atom. The number of hydrogen-bond donors (Lipinski definition) is 1. The number of aryl methyl sites for hydroxylation is 1. The van der Waals surface area contributed by atoms with E-state index in [-0.39, 0.29) is 11.9 Å². The lowest BCUT2D eigenvalue weighted by Crippen LogP contribution is -2.27. The number of rotatable bonds is 3. The van der Waals surface area contributed by atoms with Crippen LogP contribution in [0.5, 0.6) is 5.75 Å². The van der Waals surface area contributed by atoms with E-state index in [9.17, 15) is 18.0 Å². The third-order valence-corrected chi connectivity index (χ3v) is 4.93. The molecule has 0 unspecified atom stereocenters. The molecule has 10 heteroatoms. The molecule has 0 spiro atoms. The molecule has 0 aliphatic heterocycles. The Labute approximate surface area is 144 Å². The molecule has 0 atom stereocenters. The zero-order valence-electron chi connectivity index (χ0n) is 13.3. The molecule has 1 aliphatic rings. The van der Waals surface area contributed by atoms with E-state index in [0.717, 1.165) is 37.0 Å². The number of halogens is 3. The van der Waals surface area contributed by atoms with Gasteiger partial charge in [0, 0.05) is 7.05 Å². The fraction of sp³-hybridized carbons (Fsp3) is 0.467. The van der Waals surface area contributed by atoms with Gasteiger partial charge in [0.25, 0.3) is 0 Å². The summed E-state index contributed by atoms with van der Waals surface area (Å²) < 4.78 is 48.2. The summed E-state index contributed by atoms with van der Waals surface area (Å²) in [5, 5.41) is 3.98. The lowest BCUT2D eigenvalue weighted by molar-refractivity contribution is -0.274. The number of amides is 1. The Balaban J connectivity index is 1.76. The molecule has 6 nitrogen and oxygen atoms in total. The number of benzene rings is 1. The van der Waals surface area contributed by atoms with Gasteiger partial charge in [0.05, 0.1) is 10.2 Å². The second kappa shape index (κ2) is 6.95. The number of aromatic nitrogens is 1. The van der Waals surface area contributed by atoms with Crippen LogP contribution in [0.1, 0.15) is 25.7 Å². The average Bonchev–Trinajstić information content (AvgIpc) is 3.12. The minimum atomic E-state index is -4.74. The monoisotopic (exact) mass is 375 g/mol. The largest absolute Gasteiger partial charge is 0.573 e. The Morgan fingerprint density at radius 3 is 2.76 bits per heavy atom. The molecular weight excluding hydrogens is 359 g/mol. The van der Waals surface area contributed by atoms with Crippen LogP contribution in [0.15, 0.2) is 23.3 Å². The van der Waals surface area contributed by atoms with E-state index in [4.69, 9.17) is 4.74 Å². The standard InChI is InChI=1S/C15H16F3N3O3S/c1-21-11-7-6-10(24-15(16,17)18)8-12(11)25-13(21)19-20-14(22)23-9-4-2-3-5-9/h6-9H,2-5H2,1H3,(H,20,22)/b19-13-. The minimum Gasteiger partial charge on any atom is -0.445 e. The van der Waals surface area contributed by atoms with Gasteiger partial charge in [-0.2, -0.15) is 0 Å². The summed E-state index contributed by atoms with van der Waals surface area (Å²) in [6.07, 6.45) is -1.66. The lowest BCUT2D eigenvalue weighted by Gasteiger charge is -2.09. The predicted octanol–water partition coefficient (Wildman–Crippen LogP) is 3.62. The Kier molecular flexibility index (Phi) is 4.89. The molecule has 1 amide bonds. The Morgan fingerprint density at radius 1 is 1.36 bits per heavy atom. The molecule has 1 aromatic carbocycles. The highest BCUT2D eigenvalue weighted by atomic mass is 32.1. The molecule has 0 radical (unpaired) electrons. The first-order valence-electron chi connectivity index (χ1n) is 7.67. The van der Waals surface area contributed by atoms with Crippen molar-refractivity contribution in [1.29, 1.82) is 0 Å². The first kappa shape index (κ1) is 17.6. The molecule has 1 aromatic heterocycles. The molecule has 1 heterocycles. The van der Waals surface area contributed by atoms with Crippen LogP contribution in [0.2, 0.25) is 0 Å². The van der Waals surface area contributed by atoms with Crippen molar-refractivity contribution < 1.29 is 27.4 Å². The number of hydrogen-bond acceptors (Lipinski definition) is 5. The summed E-state index contributed by atoms with van der Waals surface area (Å²) in [4.78, 5) is 12.2. The van der Waals surface area contributed by atoms with E-state index in [1.54, 1.807) is 11.6 Å². The SMILES string of the molecule is Cn1/c(=N/NC(=O)OC2CCCC2)sc2cc(OC(F)(F)F)ccc21. The van der Waals surface area contributed by atoms with Crippen molar-refractivity contribution >= 4 is 27.6 Å². The zero-order chi connectivity index (χ0) is 18.0. The van der Waals surface area contributed by atoms with Gasteiger partial charge in [0.2, 0.25) is 4.80 Å². The highest BCUT2D eigenvalue weighted by Crippen LogP contribution is 2.27. The summed E-state index contributed by atoms with van der Waals surface area (Å²) in [6, 6.07) is 4.01. The van der Waals surface area contributed by atoms with Crippen molar-refractivity contribution in [2.75, 3.05) is 0 Å². The average molecular weight is 375 g/mol. The molecule has 0 bridgehead atoms. The van der Waals surface area contributed by atoms with Gasteiger partial charge in [-0.1, -0.05) is 11.3 Å². The molecule has 136 valence electrons. The van der Waals surface area contributed by atoms with Crippen molar-refractivity contribution in [3.8, 4) is 5.75 Å². The van der Waals surface area contributed by atoms with Crippen LogP contribution >= 0.6 is 11.3 Å². The van der Waals surface area contributed by atoms with Crippen molar-refractivity contribution in [3.05, 3.63) is 23.0 Å². The van der Waals surface area contributed by atoms with E-state index in [0.29, 0.717) is 15.0 Å². The third kappa shape index (κ3) is 4.44. The fourth-order valence-electron chi connectivity index (χ4n) is 2.70. The molecule has 1 N–H and O–H groups in total. The Hall–Kier alpha value is -2.23. The van der Waals surface area contributed by atoms with Crippen LogP contribution in [0, 0.1) is 0 Å². The van der Waals surface area contributed by atoms with Gasteiger partial charge >= 0.3 is 12.5 Å². The van der Waals surface area contributed by atoms with E-state index in [2.05, 4.69) is 15.3 Å². The number of nitrogens with zero attached hydrogens (tertiary/aromatic N) is 2. The summed E-state index contributed by atoms with van der Waals surface area (Å²) >= 11 is 1.13. The van der Waals surface area contributed by atoms with Crippen molar-refractivity contribution in [1.82, 2.24) is 9.99 Å². The first-order valence-corrected chi connectivity index (χ1v) is 8.49. The molecule has 1 fully saturated rings. The summed E-state index contributed by atoms with van der Waals surface area (Å²) in [6.45, 7) is 0. The van der Waals surface area contributed by atoms with Gasteiger partial charge in [-0.05, 0) is 43.9 Å². The van der Waals surface area contributed by atoms with Crippen molar-refractivity contribution in [2.24, 2.45) is 12.1 Å². The number of fused-ring (bicyclic) bond motifs is 1. The van der Waals surface area contributed by atoms with E-state index >= 15 is 0 Å². The zero-order valence-corrected chi connectivity index (χ0v) is 14.1. The minimum absolute atomic E-state index is 0.0755. The van der Waals surface area contributed by atoms with Gasteiger partial charge in [0.15, 0.2) is 0 Å². The molecule has 1 saturated carbocycles. The van der Waals surface area contributed by atoms with Crippen LogP contribution < -0.4 is 15.0 Å². The quantitative estimate of drug-likeness (QED) is 0.834.